The lowest BCUT2D eigenvalue weighted by Gasteiger charge is -2.40. The molecule has 1 aliphatic carbocycles. The largest absolute Gasteiger partial charge is 0.289 e. The van der Waals surface area contributed by atoms with Crippen LogP contribution < -0.4 is 0 Å². The first-order valence-corrected chi connectivity index (χ1v) is 9.51. The van der Waals surface area contributed by atoms with Gasteiger partial charge in [-0.15, -0.1) is 0 Å². The molecule has 1 saturated heterocycles. The molecule has 26 heavy (non-hydrogen) atoms. The Morgan fingerprint density at radius 1 is 0.846 bits per heavy atom. The van der Waals surface area contributed by atoms with Crippen molar-refractivity contribution in [1.82, 2.24) is 4.90 Å². The molecular formula is C23H27F2N. The number of likely N-dealkylation sites (tertiary alicyclic amines) is 1. The molecule has 2 fully saturated rings. The van der Waals surface area contributed by atoms with Crippen LogP contribution in [-0.2, 0) is 0 Å². The van der Waals surface area contributed by atoms with E-state index >= 15 is 0 Å². The van der Waals surface area contributed by atoms with Gasteiger partial charge in [-0.05, 0) is 65.5 Å². The minimum atomic E-state index is -0.222. The fraction of sp³-hybridized carbons (Fsp3) is 0.478. The smallest absolute Gasteiger partial charge is 0.123 e. The molecule has 0 radical (unpaired) electrons. The SMILES string of the molecule is CC1(C)C[C@@H]2C[C@@](C)(CN2C(c2ccc(F)cc2)c2ccc(F)cc2)C1. The lowest BCUT2D eigenvalue weighted by Crippen LogP contribution is -2.36. The van der Waals surface area contributed by atoms with Gasteiger partial charge in [-0.25, -0.2) is 8.78 Å². The normalized spacial score (nSPS) is 27.8. The van der Waals surface area contributed by atoms with Crippen LogP contribution in [0.5, 0.6) is 0 Å². The Balaban J connectivity index is 1.76. The van der Waals surface area contributed by atoms with Crippen LogP contribution >= 0.6 is 0 Å². The van der Waals surface area contributed by atoms with Crippen molar-refractivity contribution in [2.45, 2.75) is 52.1 Å². The molecule has 4 rings (SSSR count). The number of rotatable bonds is 3. The Bertz CT molecular complexity index is 735. The van der Waals surface area contributed by atoms with E-state index in [0.29, 0.717) is 16.9 Å². The number of nitrogens with zero attached hydrogens (tertiary/aromatic N) is 1. The summed E-state index contributed by atoms with van der Waals surface area (Å²) in [5.41, 5.74) is 2.80. The first kappa shape index (κ1) is 17.7. The maximum absolute atomic E-state index is 13.5. The third kappa shape index (κ3) is 3.29. The second-order valence-electron chi connectivity index (χ2n) is 9.39. The molecule has 3 heteroatoms. The van der Waals surface area contributed by atoms with Crippen LogP contribution in [0.3, 0.4) is 0 Å². The summed E-state index contributed by atoms with van der Waals surface area (Å²) in [7, 11) is 0. The van der Waals surface area contributed by atoms with E-state index in [9.17, 15) is 8.78 Å². The summed E-state index contributed by atoms with van der Waals surface area (Å²) in [5.74, 6) is -0.445. The lowest BCUT2D eigenvalue weighted by atomic mass is 9.65. The Labute approximate surface area is 155 Å². The molecule has 0 spiro atoms. The van der Waals surface area contributed by atoms with Crippen LogP contribution in [0.1, 0.15) is 57.2 Å². The van der Waals surface area contributed by atoms with Gasteiger partial charge in [-0.1, -0.05) is 45.0 Å². The highest BCUT2D eigenvalue weighted by molar-refractivity contribution is 5.33. The van der Waals surface area contributed by atoms with Gasteiger partial charge in [0.2, 0.25) is 0 Å². The Hall–Kier alpha value is -1.74. The summed E-state index contributed by atoms with van der Waals surface area (Å²) in [5, 5.41) is 0. The number of benzene rings is 2. The predicted octanol–water partition coefficient (Wildman–Crippen LogP) is 5.95. The number of hydrogen-bond acceptors (Lipinski definition) is 1. The summed E-state index contributed by atoms with van der Waals surface area (Å²) < 4.78 is 27.0. The van der Waals surface area contributed by atoms with Crippen LogP contribution in [0.2, 0.25) is 0 Å². The molecule has 2 atom stereocenters. The lowest BCUT2D eigenvalue weighted by molar-refractivity contribution is 0.122. The van der Waals surface area contributed by atoms with Gasteiger partial charge in [0.15, 0.2) is 0 Å². The van der Waals surface area contributed by atoms with Crippen molar-refractivity contribution in [2.24, 2.45) is 10.8 Å². The molecule has 138 valence electrons. The quantitative estimate of drug-likeness (QED) is 0.657. The molecular weight excluding hydrogens is 328 g/mol. The standard InChI is InChI=1S/C23H27F2N/c1-22(2)12-20-13-23(3,14-22)15-26(20)21(16-4-8-18(24)9-5-16)17-6-10-19(25)11-7-17/h4-11,20-21H,12-15H2,1-3H3/t20-,23-/m1/s1. The van der Waals surface area contributed by atoms with Crippen molar-refractivity contribution < 1.29 is 8.78 Å². The molecule has 1 aliphatic heterocycles. The second kappa shape index (κ2) is 6.16. The Morgan fingerprint density at radius 3 is 1.85 bits per heavy atom. The number of halogens is 2. The van der Waals surface area contributed by atoms with Crippen molar-refractivity contribution in [3.63, 3.8) is 0 Å². The minimum Gasteiger partial charge on any atom is -0.289 e. The number of hydrogen-bond donors (Lipinski definition) is 0. The molecule has 0 aromatic heterocycles. The van der Waals surface area contributed by atoms with Crippen LogP contribution in [0.25, 0.3) is 0 Å². The van der Waals surface area contributed by atoms with Gasteiger partial charge < -0.3 is 0 Å². The van der Waals surface area contributed by atoms with Crippen molar-refractivity contribution >= 4 is 0 Å². The average Bonchev–Trinajstić information content (AvgIpc) is 2.80. The fourth-order valence-corrected chi connectivity index (χ4v) is 5.67. The zero-order chi connectivity index (χ0) is 18.5. The van der Waals surface area contributed by atoms with Crippen LogP contribution in [0.15, 0.2) is 48.5 Å². The second-order valence-corrected chi connectivity index (χ2v) is 9.39. The van der Waals surface area contributed by atoms with Gasteiger partial charge in [0, 0.05) is 12.6 Å². The van der Waals surface area contributed by atoms with Crippen molar-refractivity contribution in [3.8, 4) is 0 Å². The molecule has 1 heterocycles. The summed E-state index contributed by atoms with van der Waals surface area (Å²) in [6, 6.07) is 14.1. The molecule has 0 unspecified atom stereocenters. The predicted molar refractivity (Wildman–Crippen MR) is 101 cm³/mol. The Morgan fingerprint density at radius 2 is 1.35 bits per heavy atom. The summed E-state index contributed by atoms with van der Waals surface area (Å²) in [4.78, 5) is 2.58. The van der Waals surface area contributed by atoms with E-state index in [2.05, 4.69) is 25.7 Å². The molecule has 2 aromatic carbocycles. The minimum absolute atomic E-state index is 0.0388. The summed E-state index contributed by atoms with van der Waals surface area (Å²) in [6.45, 7) is 8.16. The van der Waals surface area contributed by atoms with Crippen LogP contribution in [0.4, 0.5) is 8.78 Å². The Kier molecular flexibility index (Phi) is 4.18. The number of fused-ring (bicyclic) bond motifs is 2. The van der Waals surface area contributed by atoms with Gasteiger partial charge in [0.25, 0.3) is 0 Å². The van der Waals surface area contributed by atoms with E-state index in [1.54, 1.807) is 0 Å². The summed E-state index contributed by atoms with van der Waals surface area (Å²) in [6.07, 6.45) is 3.60. The highest BCUT2D eigenvalue weighted by Crippen LogP contribution is 2.55. The molecule has 2 aliphatic rings. The molecule has 1 saturated carbocycles. The topological polar surface area (TPSA) is 3.24 Å². The molecule has 0 amide bonds. The van der Waals surface area contributed by atoms with E-state index < -0.39 is 0 Å². The summed E-state index contributed by atoms with van der Waals surface area (Å²) >= 11 is 0. The fourth-order valence-electron chi connectivity index (χ4n) is 5.67. The van der Waals surface area contributed by atoms with Crippen molar-refractivity contribution in [2.75, 3.05) is 6.54 Å². The third-order valence-electron chi connectivity index (χ3n) is 6.16. The monoisotopic (exact) mass is 355 g/mol. The third-order valence-corrected chi connectivity index (χ3v) is 6.16. The van der Waals surface area contributed by atoms with Crippen LogP contribution in [0, 0.1) is 22.5 Å². The van der Waals surface area contributed by atoms with Gasteiger partial charge in [-0.3, -0.25) is 4.90 Å². The van der Waals surface area contributed by atoms with E-state index in [4.69, 9.17) is 0 Å². The highest BCUT2D eigenvalue weighted by atomic mass is 19.1. The molecule has 2 bridgehead atoms. The highest BCUT2D eigenvalue weighted by Gasteiger charge is 2.51. The van der Waals surface area contributed by atoms with E-state index in [1.165, 1.54) is 43.5 Å². The van der Waals surface area contributed by atoms with Gasteiger partial charge >= 0.3 is 0 Å². The van der Waals surface area contributed by atoms with Gasteiger partial charge in [-0.2, -0.15) is 0 Å². The molecule has 2 aromatic rings. The average molecular weight is 355 g/mol. The van der Waals surface area contributed by atoms with E-state index in [1.807, 2.05) is 24.3 Å². The van der Waals surface area contributed by atoms with E-state index in [-0.39, 0.29) is 17.7 Å². The first-order chi connectivity index (χ1) is 12.2. The zero-order valence-corrected chi connectivity index (χ0v) is 15.8. The maximum Gasteiger partial charge on any atom is 0.123 e. The first-order valence-electron chi connectivity index (χ1n) is 9.51. The molecule has 1 nitrogen and oxygen atoms in total. The molecule has 0 N–H and O–H groups in total. The zero-order valence-electron chi connectivity index (χ0n) is 15.8. The van der Waals surface area contributed by atoms with Crippen LogP contribution in [-0.4, -0.2) is 17.5 Å². The van der Waals surface area contributed by atoms with Gasteiger partial charge in [0.1, 0.15) is 11.6 Å². The van der Waals surface area contributed by atoms with Gasteiger partial charge in [0.05, 0.1) is 6.04 Å². The van der Waals surface area contributed by atoms with Crippen molar-refractivity contribution in [1.29, 1.82) is 0 Å². The van der Waals surface area contributed by atoms with Crippen molar-refractivity contribution in [3.05, 3.63) is 71.3 Å². The van der Waals surface area contributed by atoms with E-state index in [0.717, 1.165) is 17.7 Å². The maximum atomic E-state index is 13.5.